The van der Waals surface area contributed by atoms with Crippen LogP contribution in [0.4, 0.5) is 0 Å². The predicted octanol–water partition coefficient (Wildman–Crippen LogP) is 1.96. The Hall–Kier alpha value is -2.50. The lowest BCUT2D eigenvalue weighted by molar-refractivity contribution is -0.132. The van der Waals surface area contributed by atoms with Crippen LogP contribution >= 0.6 is 0 Å². The zero-order valence-corrected chi connectivity index (χ0v) is 13.2. The third-order valence-corrected chi connectivity index (χ3v) is 3.84. The van der Waals surface area contributed by atoms with Crippen LogP contribution in [0.1, 0.15) is 13.3 Å². The van der Waals surface area contributed by atoms with Crippen LogP contribution in [0.25, 0.3) is 0 Å². The number of aryl methyl sites for hydroxylation is 1. The van der Waals surface area contributed by atoms with Crippen LogP contribution < -0.4 is 9.47 Å². The second kappa shape index (κ2) is 7.17. The molecule has 0 spiro atoms. The minimum atomic E-state index is -0.140. The van der Waals surface area contributed by atoms with Gasteiger partial charge in [0.05, 0.1) is 6.54 Å². The molecule has 1 atom stereocenters. The van der Waals surface area contributed by atoms with Crippen LogP contribution in [0, 0.1) is 0 Å². The molecule has 1 aromatic carbocycles. The normalized spacial score (nSPS) is 16.1. The Morgan fingerprint density at radius 1 is 1.35 bits per heavy atom. The van der Waals surface area contributed by atoms with Crippen molar-refractivity contribution in [2.24, 2.45) is 0 Å². The van der Waals surface area contributed by atoms with Crippen molar-refractivity contribution in [3.05, 3.63) is 42.7 Å². The van der Waals surface area contributed by atoms with Gasteiger partial charge < -0.3 is 14.4 Å². The first-order valence-corrected chi connectivity index (χ1v) is 7.90. The number of ether oxygens (including phenoxy) is 2. The number of benzene rings is 1. The van der Waals surface area contributed by atoms with Gasteiger partial charge in [0.25, 0.3) is 0 Å². The van der Waals surface area contributed by atoms with Crippen molar-refractivity contribution < 1.29 is 14.3 Å². The van der Waals surface area contributed by atoms with Crippen molar-refractivity contribution in [1.82, 2.24) is 14.7 Å². The molecule has 0 aliphatic carbocycles. The largest absolute Gasteiger partial charge is 0.486 e. The van der Waals surface area contributed by atoms with E-state index in [0.717, 1.165) is 11.5 Å². The van der Waals surface area contributed by atoms with Crippen molar-refractivity contribution >= 4 is 5.91 Å². The number of carbonyl (C=O) groups is 1. The van der Waals surface area contributed by atoms with Gasteiger partial charge in [-0.05, 0) is 25.1 Å². The fraction of sp³-hybridized carbons (Fsp3) is 0.412. The molecule has 6 nitrogen and oxygen atoms in total. The number of nitrogens with zero attached hydrogens (tertiary/aromatic N) is 3. The van der Waals surface area contributed by atoms with E-state index >= 15 is 0 Å². The van der Waals surface area contributed by atoms with Crippen molar-refractivity contribution in [2.75, 3.05) is 19.7 Å². The lowest BCUT2D eigenvalue weighted by atomic mass is 10.2. The Morgan fingerprint density at radius 2 is 2.17 bits per heavy atom. The third-order valence-electron chi connectivity index (χ3n) is 3.84. The summed E-state index contributed by atoms with van der Waals surface area (Å²) in [6, 6.07) is 9.46. The van der Waals surface area contributed by atoms with E-state index in [-0.39, 0.29) is 12.0 Å². The molecule has 23 heavy (non-hydrogen) atoms. The molecular formula is C17H21N3O3. The SMILES string of the molecule is CCN(CC1COc2ccccc2O1)C(=O)CCn1cccn1. The summed E-state index contributed by atoms with van der Waals surface area (Å²) in [6.07, 6.45) is 3.86. The van der Waals surface area contributed by atoms with Crippen LogP contribution in [0.3, 0.4) is 0 Å². The van der Waals surface area contributed by atoms with E-state index in [4.69, 9.17) is 9.47 Å². The van der Waals surface area contributed by atoms with E-state index in [1.807, 2.05) is 48.4 Å². The lowest BCUT2D eigenvalue weighted by Crippen LogP contribution is -2.43. The highest BCUT2D eigenvalue weighted by molar-refractivity contribution is 5.76. The summed E-state index contributed by atoms with van der Waals surface area (Å²) in [5, 5.41) is 4.12. The molecule has 1 aliphatic heterocycles. The van der Waals surface area contributed by atoms with Gasteiger partial charge in [0.2, 0.25) is 5.91 Å². The molecule has 0 saturated heterocycles. The maximum atomic E-state index is 12.4. The summed E-state index contributed by atoms with van der Waals surface area (Å²) in [5.74, 6) is 1.60. The van der Waals surface area contributed by atoms with E-state index in [0.29, 0.717) is 32.7 Å². The molecule has 0 bridgehead atoms. The summed E-state index contributed by atoms with van der Waals surface area (Å²) in [5.41, 5.74) is 0. The molecule has 2 aromatic rings. The van der Waals surface area contributed by atoms with Gasteiger partial charge in [0, 0.05) is 31.9 Å². The molecule has 3 rings (SSSR count). The van der Waals surface area contributed by atoms with Crippen LogP contribution in [-0.2, 0) is 11.3 Å². The van der Waals surface area contributed by atoms with E-state index < -0.39 is 0 Å². The minimum absolute atomic E-state index is 0.102. The zero-order chi connectivity index (χ0) is 16.1. The maximum absolute atomic E-state index is 12.4. The molecule has 1 amide bonds. The van der Waals surface area contributed by atoms with Gasteiger partial charge in [-0.25, -0.2) is 0 Å². The molecule has 1 aromatic heterocycles. The minimum Gasteiger partial charge on any atom is -0.486 e. The number of amides is 1. The first-order valence-electron chi connectivity index (χ1n) is 7.90. The molecule has 0 radical (unpaired) electrons. The molecule has 2 heterocycles. The van der Waals surface area contributed by atoms with Gasteiger partial charge in [-0.3, -0.25) is 9.48 Å². The van der Waals surface area contributed by atoms with E-state index in [1.54, 1.807) is 10.9 Å². The molecule has 1 unspecified atom stereocenters. The third kappa shape index (κ3) is 3.83. The van der Waals surface area contributed by atoms with Crippen LogP contribution in [-0.4, -0.2) is 46.4 Å². The number of para-hydroxylation sites is 2. The number of fused-ring (bicyclic) bond motifs is 1. The van der Waals surface area contributed by atoms with Crippen LogP contribution in [0.15, 0.2) is 42.7 Å². The summed E-state index contributed by atoms with van der Waals surface area (Å²) < 4.78 is 13.4. The monoisotopic (exact) mass is 315 g/mol. The van der Waals surface area contributed by atoms with Crippen molar-refractivity contribution in [1.29, 1.82) is 0 Å². The van der Waals surface area contributed by atoms with Gasteiger partial charge >= 0.3 is 0 Å². The highest BCUT2D eigenvalue weighted by Gasteiger charge is 2.24. The van der Waals surface area contributed by atoms with Gasteiger partial charge in [0.15, 0.2) is 17.6 Å². The number of hydrogen-bond acceptors (Lipinski definition) is 4. The smallest absolute Gasteiger partial charge is 0.224 e. The Morgan fingerprint density at radius 3 is 2.91 bits per heavy atom. The Kier molecular flexibility index (Phi) is 4.80. The Balaban J connectivity index is 1.54. The molecule has 0 fully saturated rings. The average molecular weight is 315 g/mol. The lowest BCUT2D eigenvalue weighted by Gasteiger charge is -2.31. The van der Waals surface area contributed by atoms with Crippen LogP contribution in [0.2, 0.25) is 0 Å². The quantitative estimate of drug-likeness (QED) is 0.818. The Bertz CT molecular complexity index is 642. The maximum Gasteiger partial charge on any atom is 0.224 e. The second-order valence-electron chi connectivity index (χ2n) is 5.45. The Labute approximate surface area is 135 Å². The average Bonchev–Trinajstić information content (AvgIpc) is 3.11. The second-order valence-corrected chi connectivity index (χ2v) is 5.45. The molecule has 122 valence electrons. The van der Waals surface area contributed by atoms with Gasteiger partial charge in [0.1, 0.15) is 6.61 Å². The van der Waals surface area contributed by atoms with E-state index in [2.05, 4.69) is 5.10 Å². The number of likely N-dealkylation sites (N-methyl/N-ethyl adjacent to an activating group) is 1. The highest BCUT2D eigenvalue weighted by Crippen LogP contribution is 2.31. The van der Waals surface area contributed by atoms with Crippen molar-refractivity contribution in [2.45, 2.75) is 26.0 Å². The summed E-state index contributed by atoms with van der Waals surface area (Å²) in [7, 11) is 0. The van der Waals surface area contributed by atoms with Crippen molar-refractivity contribution in [3.8, 4) is 11.5 Å². The first kappa shape index (κ1) is 15.4. The number of carbonyl (C=O) groups excluding carboxylic acids is 1. The van der Waals surface area contributed by atoms with Gasteiger partial charge in [-0.15, -0.1) is 0 Å². The zero-order valence-electron chi connectivity index (χ0n) is 13.2. The molecule has 6 heteroatoms. The van der Waals surface area contributed by atoms with Crippen molar-refractivity contribution in [3.63, 3.8) is 0 Å². The predicted molar refractivity (Wildman–Crippen MR) is 85.5 cm³/mol. The summed E-state index contributed by atoms with van der Waals surface area (Å²) >= 11 is 0. The van der Waals surface area contributed by atoms with E-state index in [1.165, 1.54) is 0 Å². The number of aromatic nitrogens is 2. The fourth-order valence-corrected chi connectivity index (χ4v) is 2.61. The molecule has 0 saturated carbocycles. The molecule has 0 N–H and O–H groups in total. The van der Waals surface area contributed by atoms with Gasteiger partial charge in [-0.1, -0.05) is 12.1 Å². The summed E-state index contributed by atoms with van der Waals surface area (Å²) in [4.78, 5) is 14.2. The molecular weight excluding hydrogens is 294 g/mol. The topological polar surface area (TPSA) is 56.6 Å². The highest BCUT2D eigenvalue weighted by atomic mass is 16.6. The standard InChI is InChI=1S/C17H21N3O3/c1-2-19(17(21)8-11-20-10-5-9-18-20)12-14-13-22-15-6-3-4-7-16(15)23-14/h3-7,9-10,14H,2,8,11-13H2,1H3. The number of rotatable bonds is 6. The first-order chi connectivity index (χ1) is 11.3. The van der Waals surface area contributed by atoms with Crippen LogP contribution in [0.5, 0.6) is 11.5 Å². The van der Waals surface area contributed by atoms with E-state index in [9.17, 15) is 4.79 Å². The molecule has 1 aliphatic rings. The summed E-state index contributed by atoms with van der Waals surface area (Å²) in [6.45, 7) is 4.21. The fourth-order valence-electron chi connectivity index (χ4n) is 2.61. The van der Waals surface area contributed by atoms with Gasteiger partial charge in [-0.2, -0.15) is 5.10 Å². The number of hydrogen-bond donors (Lipinski definition) is 0.